The van der Waals surface area contributed by atoms with E-state index in [1.54, 1.807) is 13.3 Å². The monoisotopic (exact) mass is 319 g/mol. The summed E-state index contributed by atoms with van der Waals surface area (Å²) in [5, 5.41) is 9.63. The molecule has 8 heteroatoms. The van der Waals surface area contributed by atoms with E-state index < -0.39 is 0 Å². The van der Waals surface area contributed by atoms with E-state index in [4.69, 9.17) is 14.2 Å². The van der Waals surface area contributed by atoms with Gasteiger partial charge < -0.3 is 19.5 Å². The molecule has 4 rings (SSSR count). The summed E-state index contributed by atoms with van der Waals surface area (Å²) in [7, 11) is 1.59. The normalized spacial score (nSPS) is 19.3. The highest BCUT2D eigenvalue weighted by Gasteiger charge is 2.29. The van der Waals surface area contributed by atoms with Gasteiger partial charge in [-0.2, -0.15) is 5.10 Å². The van der Waals surface area contributed by atoms with Crippen molar-refractivity contribution >= 4 is 23.5 Å². The van der Waals surface area contributed by atoms with Gasteiger partial charge in [0.1, 0.15) is 5.82 Å². The largest absolute Gasteiger partial charge is 0.493 e. The van der Waals surface area contributed by atoms with E-state index in [9.17, 15) is 4.79 Å². The number of carbonyl (C=O) groups is 1. The third-order valence-electron chi connectivity index (χ3n) is 3.58. The molecule has 2 aliphatic rings. The van der Waals surface area contributed by atoms with Gasteiger partial charge in [0.25, 0.3) is 0 Å². The molecule has 2 N–H and O–H groups in total. The van der Waals surface area contributed by atoms with Gasteiger partial charge in [-0.15, -0.1) is 11.8 Å². The molecule has 0 fully saturated rings. The van der Waals surface area contributed by atoms with Gasteiger partial charge in [-0.25, -0.2) is 0 Å². The summed E-state index contributed by atoms with van der Waals surface area (Å²) in [4.78, 5) is 11.8. The number of hydrogen-bond donors (Lipinski definition) is 2. The first kappa shape index (κ1) is 13.3. The Morgan fingerprint density at radius 2 is 2.32 bits per heavy atom. The number of nitrogens with one attached hydrogen (secondary N) is 2. The van der Waals surface area contributed by atoms with Crippen LogP contribution >= 0.6 is 11.8 Å². The lowest BCUT2D eigenvalue weighted by Crippen LogP contribution is -2.12. The Hall–Kier alpha value is -2.35. The number of H-pyrrole nitrogens is 1. The molecule has 22 heavy (non-hydrogen) atoms. The second-order valence-electron chi connectivity index (χ2n) is 4.90. The fourth-order valence-electron chi connectivity index (χ4n) is 2.60. The Bertz CT molecular complexity index is 746. The maximum Gasteiger partial charge on any atom is 0.235 e. The molecule has 1 amide bonds. The van der Waals surface area contributed by atoms with E-state index in [0.717, 1.165) is 11.1 Å². The van der Waals surface area contributed by atoms with Crippen molar-refractivity contribution in [3.8, 4) is 17.2 Å². The van der Waals surface area contributed by atoms with Crippen LogP contribution in [0.5, 0.6) is 17.2 Å². The van der Waals surface area contributed by atoms with E-state index in [0.29, 0.717) is 28.8 Å². The number of anilines is 1. The van der Waals surface area contributed by atoms with Gasteiger partial charge in [-0.05, 0) is 17.7 Å². The van der Waals surface area contributed by atoms with Crippen LogP contribution in [-0.2, 0) is 4.79 Å². The molecule has 0 bridgehead atoms. The Labute approximate surface area is 130 Å². The molecule has 114 valence electrons. The van der Waals surface area contributed by atoms with Crippen molar-refractivity contribution in [3.63, 3.8) is 0 Å². The smallest absolute Gasteiger partial charge is 0.235 e. The second kappa shape index (κ2) is 5.13. The molecule has 7 nitrogen and oxygen atoms in total. The summed E-state index contributed by atoms with van der Waals surface area (Å²) in [6, 6.07) is 3.84. The minimum Gasteiger partial charge on any atom is -0.493 e. The number of benzene rings is 1. The minimum atomic E-state index is -0.0503. The van der Waals surface area contributed by atoms with Crippen LogP contribution in [0.15, 0.2) is 18.3 Å². The molecule has 2 aliphatic heterocycles. The number of methoxy groups -OCH3 is 1. The summed E-state index contributed by atoms with van der Waals surface area (Å²) in [6.07, 6.45) is 1.73. The van der Waals surface area contributed by atoms with Crippen LogP contribution in [0.25, 0.3) is 0 Å². The van der Waals surface area contributed by atoms with Crippen molar-refractivity contribution in [2.24, 2.45) is 0 Å². The first-order chi connectivity index (χ1) is 10.8. The van der Waals surface area contributed by atoms with Crippen molar-refractivity contribution < 1.29 is 19.0 Å². The molecular formula is C14H13N3O4S. The molecule has 2 aromatic rings. The predicted molar refractivity (Wildman–Crippen MR) is 80.6 cm³/mol. The van der Waals surface area contributed by atoms with E-state index >= 15 is 0 Å². The third kappa shape index (κ3) is 2.07. The fraction of sp³-hybridized carbons (Fsp3) is 0.286. The zero-order chi connectivity index (χ0) is 15.1. The molecule has 1 atom stereocenters. The number of nitrogens with zero attached hydrogens (tertiary/aromatic N) is 1. The zero-order valence-electron chi connectivity index (χ0n) is 11.7. The number of fused-ring (bicyclic) bond motifs is 2. The average molecular weight is 319 g/mol. The van der Waals surface area contributed by atoms with Gasteiger partial charge in [-0.1, -0.05) is 0 Å². The van der Waals surface area contributed by atoms with Crippen LogP contribution in [0.3, 0.4) is 0 Å². The summed E-state index contributed by atoms with van der Waals surface area (Å²) in [5.41, 5.74) is 1.90. The third-order valence-corrected chi connectivity index (χ3v) is 4.87. The van der Waals surface area contributed by atoms with Gasteiger partial charge in [0, 0.05) is 5.56 Å². The van der Waals surface area contributed by atoms with Crippen LogP contribution in [-0.4, -0.2) is 35.8 Å². The number of hydrogen-bond acceptors (Lipinski definition) is 6. The van der Waals surface area contributed by atoms with E-state index in [1.807, 2.05) is 12.1 Å². The Morgan fingerprint density at radius 3 is 3.18 bits per heavy atom. The van der Waals surface area contributed by atoms with Crippen molar-refractivity contribution in [2.75, 3.05) is 25.0 Å². The number of thioether (sulfide) groups is 1. The fourth-order valence-corrected chi connectivity index (χ4v) is 3.67. The summed E-state index contributed by atoms with van der Waals surface area (Å²) >= 11 is 1.53. The average Bonchev–Trinajstić information content (AvgIpc) is 3.13. The number of aromatic nitrogens is 2. The molecule has 0 unspecified atom stereocenters. The molecule has 1 aromatic carbocycles. The maximum absolute atomic E-state index is 11.8. The van der Waals surface area contributed by atoms with Crippen molar-refractivity contribution in [3.05, 3.63) is 29.5 Å². The molecular weight excluding hydrogens is 306 g/mol. The highest BCUT2D eigenvalue weighted by Crippen LogP contribution is 2.48. The van der Waals surface area contributed by atoms with Gasteiger partial charge in [0.05, 0.1) is 24.3 Å². The van der Waals surface area contributed by atoms with Crippen LogP contribution in [0.1, 0.15) is 16.4 Å². The van der Waals surface area contributed by atoms with Crippen molar-refractivity contribution in [2.45, 2.75) is 5.25 Å². The van der Waals surface area contributed by atoms with Crippen molar-refractivity contribution in [1.29, 1.82) is 0 Å². The van der Waals surface area contributed by atoms with Gasteiger partial charge in [-0.3, -0.25) is 9.89 Å². The first-order valence-electron chi connectivity index (χ1n) is 6.68. The van der Waals surface area contributed by atoms with E-state index in [2.05, 4.69) is 15.5 Å². The molecule has 0 spiro atoms. The minimum absolute atomic E-state index is 0.0453. The predicted octanol–water partition coefficient (Wildman–Crippen LogP) is 1.92. The number of carbonyl (C=O) groups excluding carboxylic acids is 1. The standard InChI is InChI=1S/C14H13N3O4S/c1-19-9-2-7(3-10-12(9)21-6-20-10)13-8-4-15-17-14(8)16-11(18)5-22-13/h2-4,13H,5-6H2,1H3,(H2,15,16,17,18)/t13-/m0/s1. The second-order valence-corrected chi connectivity index (χ2v) is 5.99. The number of ether oxygens (including phenoxy) is 3. The molecule has 0 aliphatic carbocycles. The topological polar surface area (TPSA) is 85.5 Å². The van der Waals surface area contributed by atoms with Gasteiger partial charge in [0.2, 0.25) is 18.4 Å². The SMILES string of the molecule is COc1cc([C@@H]2SCC(=O)Nc3[nH]ncc32)cc2c1OCO2. The lowest BCUT2D eigenvalue weighted by atomic mass is 10.1. The highest BCUT2D eigenvalue weighted by molar-refractivity contribution is 8.00. The summed E-state index contributed by atoms with van der Waals surface area (Å²) < 4.78 is 16.3. The van der Waals surface area contributed by atoms with Crippen LogP contribution < -0.4 is 19.5 Å². The molecule has 1 aromatic heterocycles. The number of aromatic amines is 1. The summed E-state index contributed by atoms with van der Waals surface area (Å²) in [5.74, 6) is 2.85. The number of rotatable bonds is 2. The first-order valence-corrected chi connectivity index (χ1v) is 7.73. The van der Waals surface area contributed by atoms with Gasteiger partial charge in [0.15, 0.2) is 11.5 Å². The molecule has 0 saturated heterocycles. The summed E-state index contributed by atoms with van der Waals surface area (Å²) in [6.45, 7) is 0.184. The van der Waals surface area contributed by atoms with Crippen LogP contribution in [0.4, 0.5) is 5.82 Å². The number of amides is 1. The van der Waals surface area contributed by atoms with Crippen LogP contribution in [0.2, 0.25) is 0 Å². The Kier molecular flexibility index (Phi) is 3.11. The quantitative estimate of drug-likeness (QED) is 0.879. The van der Waals surface area contributed by atoms with Crippen LogP contribution in [0, 0.1) is 0 Å². The maximum atomic E-state index is 11.8. The zero-order valence-corrected chi connectivity index (χ0v) is 12.5. The lowest BCUT2D eigenvalue weighted by molar-refractivity contribution is -0.113. The highest BCUT2D eigenvalue weighted by atomic mass is 32.2. The molecule has 0 radical (unpaired) electrons. The van der Waals surface area contributed by atoms with E-state index in [1.165, 1.54) is 11.8 Å². The van der Waals surface area contributed by atoms with Crippen molar-refractivity contribution in [1.82, 2.24) is 10.2 Å². The molecule has 0 saturated carbocycles. The van der Waals surface area contributed by atoms with Gasteiger partial charge >= 0.3 is 0 Å². The van der Waals surface area contributed by atoms with E-state index in [-0.39, 0.29) is 18.0 Å². The molecule has 3 heterocycles. The Balaban J connectivity index is 1.81. The Morgan fingerprint density at radius 1 is 1.41 bits per heavy atom. The lowest BCUT2D eigenvalue weighted by Gasteiger charge is -2.16.